The minimum atomic E-state index is 0.791. The van der Waals surface area contributed by atoms with Crippen molar-refractivity contribution in [3.05, 3.63) is 34.8 Å². The molecule has 84 valence electrons. The van der Waals surface area contributed by atoms with Gasteiger partial charge < -0.3 is 10.1 Å². The summed E-state index contributed by atoms with van der Waals surface area (Å²) in [6, 6.07) is 4.18. The smallest absolute Gasteiger partial charge is 0.137 e. The van der Waals surface area contributed by atoms with Crippen LogP contribution in [0.4, 0.5) is 0 Å². The standard InChI is InChI=1S/C12H14N2OS/c1-13-7-12-4-10(8-16-12)9-3-11(15-2)6-14-5-9/h3-6,8,13H,7H2,1-2H3. The van der Waals surface area contributed by atoms with Crippen LogP contribution >= 0.6 is 11.3 Å². The highest BCUT2D eigenvalue weighted by Crippen LogP contribution is 2.27. The maximum Gasteiger partial charge on any atom is 0.137 e. The van der Waals surface area contributed by atoms with E-state index in [1.807, 2.05) is 19.3 Å². The fourth-order valence-corrected chi connectivity index (χ4v) is 2.39. The molecular formula is C12H14N2OS. The molecule has 2 heterocycles. The fraction of sp³-hybridized carbons (Fsp3) is 0.250. The Morgan fingerprint density at radius 2 is 2.19 bits per heavy atom. The van der Waals surface area contributed by atoms with Gasteiger partial charge in [-0.2, -0.15) is 0 Å². The minimum Gasteiger partial charge on any atom is -0.495 e. The van der Waals surface area contributed by atoms with Crippen molar-refractivity contribution in [2.75, 3.05) is 14.2 Å². The monoisotopic (exact) mass is 234 g/mol. The molecule has 0 saturated heterocycles. The third-order valence-corrected chi connectivity index (χ3v) is 3.22. The van der Waals surface area contributed by atoms with Crippen molar-refractivity contribution in [1.29, 1.82) is 0 Å². The number of ether oxygens (including phenoxy) is 1. The van der Waals surface area contributed by atoms with Gasteiger partial charge in [0.1, 0.15) is 5.75 Å². The first-order valence-electron chi connectivity index (χ1n) is 5.05. The summed E-state index contributed by atoms with van der Waals surface area (Å²) in [7, 11) is 3.60. The third kappa shape index (κ3) is 2.40. The Balaban J connectivity index is 2.27. The van der Waals surface area contributed by atoms with Crippen LogP contribution in [0.15, 0.2) is 29.9 Å². The molecule has 0 unspecified atom stereocenters. The van der Waals surface area contributed by atoms with Gasteiger partial charge in [0.25, 0.3) is 0 Å². The van der Waals surface area contributed by atoms with E-state index in [-0.39, 0.29) is 0 Å². The summed E-state index contributed by atoms with van der Waals surface area (Å²) >= 11 is 1.75. The van der Waals surface area contributed by atoms with Crippen LogP contribution in [0.1, 0.15) is 4.88 Å². The molecule has 2 aromatic rings. The second kappa shape index (κ2) is 5.09. The Morgan fingerprint density at radius 3 is 2.94 bits per heavy atom. The molecule has 3 nitrogen and oxygen atoms in total. The van der Waals surface area contributed by atoms with Crippen LogP contribution in [-0.2, 0) is 6.54 Å². The van der Waals surface area contributed by atoms with Crippen molar-refractivity contribution < 1.29 is 4.74 Å². The maximum atomic E-state index is 5.16. The third-order valence-electron chi connectivity index (χ3n) is 2.29. The van der Waals surface area contributed by atoms with E-state index in [1.165, 1.54) is 10.4 Å². The van der Waals surface area contributed by atoms with E-state index in [2.05, 4.69) is 21.7 Å². The molecule has 0 aliphatic carbocycles. The van der Waals surface area contributed by atoms with Gasteiger partial charge in [-0.3, -0.25) is 4.98 Å². The zero-order valence-electron chi connectivity index (χ0n) is 9.36. The van der Waals surface area contributed by atoms with Gasteiger partial charge >= 0.3 is 0 Å². The molecule has 0 saturated carbocycles. The Hall–Kier alpha value is -1.39. The number of hydrogen-bond acceptors (Lipinski definition) is 4. The first kappa shape index (κ1) is 11.1. The van der Waals surface area contributed by atoms with Crippen molar-refractivity contribution in [3.63, 3.8) is 0 Å². The Bertz CT molecular complexity index is 468. The molecule has 4 heteroatoms. The molecule has 0 bridgehead atoms. The van der Waals surface area contributed by atoms with Gasteiger partial charge in [-0.25, -0.2) is 0 Å². The second-order valence-corrected chi connectivity index (χ2v) is 4.44. The second-order valence-electron chi connectivity index (χ2n) is 3.45. The summed E-state index contributed by atoms with van der Waals surface area (Å²) < 4.78 is 5.16. The molecule has 0 atom stereocenters. The van der Waals surface area contributed by atoms with E-state index >= 15 is 0 Å². The maximum absolute atomic E-state index is 5.16. The van der Waals surface area contributed by atoms with Crippen LogP contribution in [-0.4, -0.2) is 19.1 Å². The predicted molar refractivity (Wildman–Crippen MR) is 66.9 cm³/mol. The quantitative estimate of drug-likeness (QED) is 0.882. The molecule has 0 spiro atoms. The first-order chi connectivity index (χ1) is 7.83. The minimum absolute atomic E-state index is 0.791. The van der Waals surface area contributed by atoms with Crippen LogP contribution in [0.3, 0.4) is 0 Å². The van der Waals surface area contributed by atoms with Crippen LogP contribution in [0, 0.1) is 0 Å². The zero-order chi connectivity index (χ0) is 11.4. The van der Waals surface area contributed by atoms with E-state index in [0.717, 1.165) is 17.9 Å². The van der Waals surface area contributed by atoms with E-state index in [1.54, 1.807) is 24.6 Å². The summed E-state index contributed by atoms with van der Waals surface area (Å²) in [5.74, 6) is 0.791. The van der Waals surface area contributed by atoms with Gasteiger partial charge in [0, 0.05) is 23.2 Å². The molecule has 0 aliphatic rings. The average molecular weight is 234 g/mol. The highest BCUT2D eigenvalue weighted by Gasteiger charge is 2.03. The fourth-order valence-electron chi connectivity index (χ4n) is 1.49. The summed E-state index contributed by atoms with van der Waals surface area (Å²) in [6.45, 7) is 0.905. The number of rotatable bonds is 4. The number of pyridine rings is 1. The summed E-state index contributed by atoms with van der Waals surface area (Å²) in [6.07, 6.45) is 3.57. The van der Waals surface area contributed by atoms with Crippen LogP contribution in [0.25, 0.3) is 11.1 Å². The van der Waals surface area contributed by atoms with E-state index in [9.17, 15) is 0 Å². The average Bonchev–Trinajstić information content (AvgIpc) is 2.78. The van der Waals surface area contributed by atoms with Crippen LogP contribution in [0.2, 0.25) is 0 Å². The zero-order valence-corrected chi connectivity index (χ0v) is 10.2. The lowest BCUT2D eigenvalue weighted by Crippen LogP contribution is -2.02. The molecule has 0 amide bonds. The number of nitrogens with one attached hydrogen (secondary N) is 1. The predicted octanol–water partition coefficient (Wildman–Crippen LogP) is 2.54. The SMILES string of the molecule is CNCc1cc(-c2cncc(OC)c2)cs1. The molecule has 0 radical (unpaired) electrons. The number of methoxy groups -OCH3 is 1. The van der Waals surface area contributed by atoms with Gasteiger partial charge in [-0.05, 0) is 30.1 Å². The highest BCUT2D eigenvalue weighted by molar-refractivity contribution is 7.10. The molecule has 16 heavy (non-hydrogen) atoms. The van der Waals surface area contributed by atoms with Crippen molar-refractivity contribution in [3.8, 4) is 16.9 Å². The number of aromatic nitrogens is 1. The van der Waals surface area contributed by atoms with Crippen molar-refractivity contribution >= 4 is 11.3 Å². The molecule has 0 fully saturated rings. The van der Waals surface area contributed by atoms with E-state index < -0.39 is 0 Å². The van der Waals surface area contributed by atoms with Crippen molar-refractivity contribution in [1.82, 2.24) is 10.3 Å². The molecule has 1 N–H and O–H groups in total. The van der Waals surface area contributed by atoms with Crippen LogP contribution < -0.4 is 10.1 Å². The van der Waals surface area contributed by atoms with Gasteiger partial charge in [0.15, 0.2) is 0 Å². The summed E-state index contributed by atoms with van der Waals surface area (Å²) in [5, 5.41) is 5.28. The summed E-state index contributed by atoms with van der Waals surface area (Å²) in [5.41, 5.74) is 2.29. The summed E-state index contributed by atoms with van der Waals surface area (Å²) in [4.78, 5) is 5.47. The molecular weight excluding hydrogens is 220 g/mol. The van der Waals surface area contributed by atoms with Gasteiger partial charge in [-0.15, -0.1) is 11.3 Å². The van der Waals surface area contributed by atoms with Gasteiger partial charge in [0.2, 0.25) is 0 Å². The first-order valence-corrected chi connectivity index (χ1v) is 5.93. The number of hydrogen-bond donors (Lipinski definition) is 1. The van der Waals surface area contributed by atoms with Crippen LogP contribution in [0.5, 0.6) is 5.75 Å². The Morgan fingerprint density at radius 1 is 1.31 bits per heavy atom. The molecule has 0 aliphatic heterocycles. The number of nitrogens with zero attached hydrogens (tertiary/aromatic N) is 1. The van der Waals surface area contributed by atoms with E-state index in [4.69, 9.17) is 4.74 Å². The largest absolute Gasteiger partial charge is 0.495 e. The lowest BCUT2D eigenvalue weighted by atomic mass is 10.1. The Labute approximate surface area is 99.1 Å². The molecule has 2 aromatic heterocycles. The topological polar surface area (TPSA) is 34.2 Å². The lowest BCUT2D eigenvalue weighted by Gasteiger charge is -2.01. The van der Waals surface area contributed by atoms with Crippen molar-refractivity contribution in [2.45, 2.75) is 6.54 Å². The van der Waals surface area contributed by atoms with Gasteiger partial charge in [0.05, 0.1) is 13.3 Å². The Kier molecular flexibility index (Phi) is 3.54. The van der Waals surface area contributed by atoms with Gasteiger partial charge in [-0.1, -0.05) is 0 Å². The molecule has 2 rings (SSSR count). The highest BCUT2D eigenvalue weighted by atomic mass is 32.1. The molecule has 0 aromatic carbocycles. The van der Waals surface area contributed by atoms with E-state index in [0.29, 0.717) is 0 Å². The number of thiophene rings is 1. The van der Waals surface area contributed by atoms with Crippen molar-refractivity contribution in [2.24, 2.45) is 0 Å². The lowest BCUT2D eigenvalue weighted by molar-refractivity contribution is 0.413. The normalized spacial score (nSPS) is 10.4.